The molecule has 10 heteroatoms. The lowest BCUT2D eigenvalue weighted by molar-refractivity contribution is 0.0700. The molecule has 2 aliphatic heterocycles. The normalized spacial score (nSPS) is 22.1. The summed E-state index contributed by atoms with van der Waals surface area (Å²) in [6.07, 6.45) is 5.30. The monoisotopic (exact) mass is 615 g/mol. The largest absolute Gasteiger partial charge is 0.494 e. The molecule has 234 valence electrons. The van der Waals surface area contributed by atoms with Gasteiger partial charge in [0.1, 0.15) is 16.9 Å². The van der Waals surface area contributed by atoms with E-state index in [0.717, 1.165) is 81.8 Å². The number of nitrogens with zero attached hydrogens (tertiary/aromatic N) is 5. The molecule has 2 saturated carbocycles. The number of likely N-dealkylation sites (tertiary alicyclic amines) is 1. The van der Waals surface area contributed by atoms with E-state index in [-0.39, 0.29) is 23.9 Å². The summed E-state index contributed by atoms with van der Waals surface area (Å²) in [6, 6.07) is 16.3. The van der Waals surface area contributed by atoms with Gasteiger partial charge in [0, 0.05) is 60.8 Å². The lowest BCUT2D eigenvalue weighted by atomic mass is 9.96. The van der Waals surface area contributed by atoms with Crippen LogP contribution in [0.15, 0.2) is 48.5 Å². The van der Waals surface area contributed by atoms with Crippen molar-refractivity contribution in [1.82, 2.24) is 29.3 Å². The molecule has 3 atom stereocenters. The first-order valence-electron chi connectivity index (χ1n) is 16.4. The van der Waals surface area contributed by atoms with Crippen molar-refractivity contribution >= 4 is 33.9 Å². The van der Waals surface area contributed by atoms with Gasteiger partial charge in [0.15, 0.2) is 5.82 Å². The van der Waals surface area contributed by atoms with Gasteiger partial charge in [-0.05, 0) is 85.9 Å². The van der Waals surface area contributed by atoms with Crippen molar-refractivity contribution in [3.8, 4) is 28.5 Å². The Balaban J connectivity index is 1.14. The molecule has 1 saturated heterocycles. The second kappa shape index (κ2) is 10.2. The van der Waals surface area contributed by atoms with E-state index in [2.05, 4.69) is 38.7 Å². The molecule has 5 heterocycles. The Morgan fingerprint density at radius 2 is 1.93 bits per heavy atom. The van der Waals surface area contributed by atoms with Crippen molar-refractivity contribution in [1.29, 1.82) is 0 Å². The van der Waals surface area contributed by atoms with Crippen LogP contribution in [0.2, 0.25) is 0 Å². The average Bonchev–Trinajstić information content (AvgIpc) is 3.48. The van der Waals surface area contributed by atoms with Crippen LogP contribution in [0.1, 0.15) is 52.0 Å². The molecular weight excluding hydrogens is 578 g/mol. The number of carbonyl (C=O) groups is 2. The van der Waals surface area contributed by atoms with Crippen LogP contribution >= 0.6 is 0 Å². The highest BCUT2D eigenvalue weighted by Crippen LogP contribution is 2.40. The van der Waals surface area contributed by atoms with Crippen molar-refractivity contribution in [3.63, 3.8) is 0 Å². The first-order chi connectivity index (χ1) is 22.4. The summed E-state index contributed by atoms with van der Waals surface area (Å²) in [4.78, 5) is 38.6. The number of rotatable bonds is 6. The van der Waals surface area contributed by atoms with Gasteiger partial charge < -0.3 is 29.8 Å². The summed E-state index contributed by atoms with van der Waals surface area (Å²) in [7, 11) is 3.65. The van der Waals surface area contributed by atoms with Gasteiger partial charge in [-0.2, -0.15) is 0 Å². The van der Waals surface area contributed by atoms with Crippen molar-refractivity contribution in [2.75, 3.05) is 20.2 Å². The number of pyridine rings is 1. The second-order valence-electron chi connectivity index (χ2n) is 13.6. The van der Waals surface area contributed by atoms with Gasteiger partial charge in [0.2, 0.25) is 0 Å². The number of imidazole rings is 1. The van der Waals surface area contributed by atoms with Gasteiger partial charge in [-0.25, -0.2) is 9.97 Å². The molecular formula is C36H37N7O3. The van der Waals surface area contributed by atoms with E-state index in [0.29, 0.717) is 36.2 Å². The van der Waals surface area contributed by atoms with E-state index in [1.165, 1.54) is 12.8 Å². The lowest BCUT2D eigenvalue weighted by Gasteiger charge is -2.27. The van der Waals surface area contributed by atoms with Crippen LogP contribution in [-0.4, -0.2) is 68.1 Å². The highest BCUT2D eigenvalue weighted by Gasteiger charge is 2.47. The van der Waals surface area contributed by atoms with E-state index in [1.54, 1.807) is 7.11 Å². The fourth-order valence-electron chi connectivity index (χ4n) is 8.05. The summed E-state index contributed by atoms with van der Waals surface area (Å²) >= 11 is 0. The number of aromatic nitrogens is 4. The summed E-state index contributed by atoms with van der Waals surface area (Å²) in [5.41, 5.74) is 14.0. The van der Waals surface area contributed by atoms with Crippen LogP contribution in [0, 0.1) is 11.8 Å². The van der Waals surface area contributed by atoms with E-state index >= 15 is 0 Å². The first-order valence-corrected chi connectivity index (χ1v) is 16.4. The molecule has 0 spiro atoms. The molecule has 46 heavy (non-hydrogen) atoms. The number of nitrogens with one attached hydrogen (secondary N) is 1. The molecule has 2 aromatic carbocycles. The predicted molar refractivity (Wildman–Crippen MR) is 176 cm³/mol. The first kappa shape index (κ1) is 27.6. The summed E-state index contributed by atoms with van der Waals surface area (Å²) < 4.78 is 10.2. The third-order valence-electron chi connectivity index (χ3n) is 10.8. The maximum Gasteiger partial charge on any atom is 0.254 e. The standard InChI is InChI=1S/C36H37N7O3/c1-41-32-27(14-24(16-30(32)46-2)36(45)43-18-23-8-10-28(43)31(23)37)40-34(41)29-15-22-7-9-26(39-33(22)42(29)17-19-3-4-19)21-6-5-20-11-12-38-35(44)25(20)13-21/h5-7,9,13-16,19,23,28,31H,3-4,8,10-12,17-18,37H2,1-2H3,(H,38,44)/t23-,28-,31-/m1/s1. The van der Waals surface area contributed by atoms with Gasteiger partial charge in [0.05, 0.1) is 24.0 Å². The number of fused-ring (bicyclic) bond motifs is 5. The maximum absolute atomic E-state index is 13.7. The van der Waals surface area contributed by atoms with Crippen molar-refractivity contribution in [2.45, 2.75) is 50.7 Å². The molecule has 5 aromatic rings. The number of hydrogen-bond donors (Lipinski definition) is 2. The van der Waals surface area contributed by atoms with E-state index in [4.69, 9.17) is 20.4 Å². The summed E-state index contributed by atoms with van der Waals surface area (Å²) in [5.74, 6) is 2.37. The Kier molecular flexibility index (Phi) is 6.09. The van der Waals surface area contributed by atoms with Crippen LogP contribution in [0.3, 0.4) is 0 Å². The molecule has 0 radical (unpaired) electrons. The third-order valence-corrected chi connectivity index (χ3v) is 10.8. The molecule has 3 aromatic heterocycles. The highest BCUT2D eigenvalue weighted by atomic mass is 16.5. The Hall–Kier alpha value is -4.70. The zero-order valence-corrected chi connectivity index (χ0v) is 26.1. The zero-order valence-electron chi connectivity index (χ0n) is 26.1. The van der Waals surface area contributed by atoms with Crippen LogP contribution < -0.4 is 15.8 Å². The SMILES string of the molecule is COc1cc(C(=O)N2C[C@H]3CC[C@@H]2[C@@H]3N)cc2nc(-c3cc4ccc(-c5ccc6c(c5)C(=O)NCC6)nc4n3CC3CC3)n(C)c12. The van der Waals surface area contributed by atoms with Crippen molar-refractivity contribution in [2.24, 2.45) is 24.6 Å². The Morgan fingerprint density at radius 1 is 1.07 bits per heavy atom. The molecule has 0 unspecified atom stereocenters. The molecule has 9 rings (SSSR count). The van der Waals surface area contributed by atoms with Crippen LogP contribution in [0.25, 0.3) is 44.8 Å². The molecule has 4 aliphatic rings. The second-order valence-corrected chi connectivity index (χ2v) is 13.6. The number of methoxy groups -OCH3 is 1. The van der Waals surface area contributed by atoms with E-state index in [1.807, 2.05) is 36.2 Å². The third kappa shape index (κ3) is 4.19. The van der Waals surface area contributed by atoms with Crippen molar-refractivity contribution < 1.29 is 14.3 Å². The fraction of sp³-hybridized carbons (Fsp3) is 0.389. The van der Waals surface area contributed by atoms with Gasteiger partial charge in [0.25, 0.3) is 11.8 Å². The number of carbonyl (C=O) groups excluding carboxylic acids is 2. The number of ether oxygens (including phenoxy) is 1. The lowest BCUT2D eigenvalue weighted by Crippen LogP contribution is -2.41. The van der Waals surface area contributed by atoms with Gasteiger partial charge in [-0.1, -0.05) is 12.1 Å². The number of amides is 2. The predicted octanol–water partition coefficient (Wildman–Crippen LogP) is 4.52. The summed E-state index contributed by atoms with van der Waals surface area (Å²) in [5, 5.41) is 3.99. The van der Waals surface area contributed by atoms with E-state index in [9.17, 15) is 9.59 Å². The molecule has 2 aliphatic carbocycles. The molecule has 2 amide bonds. The topological polar surface area (TPSA) is 120 Å². The van der Waals surface area contributed by atoms with Crippen LogP contribution in [-0.2, 0) is 20.0 Å². The Labute approximate surface area is 266 Å². The molecule has 10 nitrogen and oxygen atoms in total. The van der Waals surface area contributed by atoms with Gasteiger partial charge >= 0.3 is 0 Å². The minimum absolute atomic E-state index is 0.00529. The molecule has 3 N–H and O–H groups in total. The van der Waals surface area contributed by atoms with Gasteiger partial charge in [-0.3, -0.25) is 9.59 Å². The van der Waals surface area contributed by atoms with Crippen LogP contribution in [0.4, 0.5) is 0 Å². The van der Waals surface area contributed by atoms with Crippen LogP contribution in [0.5, 0.6) is 5.75 Å². The number of nitrogens with two attached hydrogens (primary N) is 1. The Bertz CT molecular complexity index is 2090. The quantitative estimate of drug-likeness (QED) is 0.290. The minimum atomic E-state index is -0.0260. The molecule has 3 fully saturated rings. The number of benzene rings is 2. The average molecular weight is 616 g/mol. The highest BCUT2D eigenvalue weighted by molar-refractivity contribution is 6.01. The van der Waals surface area contributed by atoms with E-state index < -0.39 is 0 Å². The summed E-state index contributed by atoms with van der Waals surface area (Å²) in [6.45, 7) is 2.24. The minimum Gasteiger partial charge on any atom is -0.494 e. The van der Waals surface area contributed by atoms with Gasteiger partial charge in [-0.15, -0.1) is 0 Å². The zero-order chi connectivity index (χ0) is 31.3. The Morgan fingerprint density at radius 3 is 2.70 bits per heavy atom. The number of hydrogen-bond acceptors (Lipinski definition) is 6. The number of aryl methyl sites for hydroxylation is 1. The molecule has 2 bridgehead atoms. The smallest absolute Gasteiger partial charge is 0.254 e. The maximum atomic E-state index is 13.7. The fourth-order valence-corrected chi connectivity index (χ4v) is 8.05. The number of piperidine rings is 1. The van der Waals surface area contributed by atoms with Crippen molar-refractivity contribution in [3.05, 3.63) is 65.2 Å².